The lowest BCUT2D eigenvalue weighted by molar-refractivity contribution is 0.0187. The van der Waals surface area contributed by atoms with Gasteiger partial charge in [0.2, 0.25) is 0 Å². The predicted octanol–water partition coefficient (Wildman–Crippen LogP) is 4.13. The van der Waals surface area contributed by atoms with Gasteiger partial charge in [0.1, 0.15) is 6.10 Å². The van der Waals surface area contributed by atoms with Crippen LogP contribution in [0.25, 0.3) is 0 Å². The fourth-order valence-electron chi connectivity index (χ4n) is 1.79. The van der Waals surface area contributed by atoms with Crippen molar-refractivity contribution < 1.29 is 14.3 Å². The zero-order valence-corrected chi connectivity index (χ0v) is 15.6. The number of methoxy groups -OCH3 is 1. The Morgan fingerprint density at radius 2 is 1.85 bits per heavy atom. The summed E-state index contributed by atoms with van der Waals surface area (Å²) in [6.45, 7) is 15.4. The molecule has 3 nitrogen and oxygen atoms in total. The van der Waals surface area contributed by atoms with Gasteiger partial charge < -0.3 is 14.3 Å². The number of hydrogen-bond donors (Lipinski definition) is 1. The minimum absolute atomic E-state index is 0.0624. The third-order valence-corrected chi connectivity index (χ3v) is 8.67. The van der Waals surface area contributed by atoms with Crippen molar-refractivity contribution in [1.82, 2.24) is 0 Å². The van der Waals surface area contributed by atoms with Gasteiger partial charge in [-0.15, -0.1) is 0 Å². The van der Waals surface area contributed by atoms with Crippen molar-refractivity contribution in [2.24, 2.45) is 0 Å². The van der Waals surface area contributed by atoms with Crippen LogP contribution in [0.1, 0.15) is 47.5 Å². The van der Waals surface area contributed by atoms with Gasteiger partial charge in [-0.25, -0.2) is 0 Å². The topological polar surface area (TPSA) is 38.7 Å². The van der Waals surface area contributed by atoms with Crippen molar-refractivity contribution in [3.05, 3.63) is 11.6 Å². The largest absolute Gasteiger partial charge is 0.411 e. The number of rotatable bonds is 8. The number of ether oxygens (including phenoxy) is 1. The van der Waals surface area contributed by atoms with E-state index in [-0.39, 0.29) is 23.9 Å². The lowest BCUT2D eigenvalue weighted by Gasteiger charge is -2.40. The summed E-state index contributed by atoms with van der Waals surface area (Å²) in [4.78, 5) is 0. The van der Waals surface area contributed by atoms with Crippen molar-refractivity contribution in [2.75, 3.05) is 13.7 Å². The minimum atomic E-state index is -1.82. The predicted molar refractivity (Wildman–Crippen MR) is 88.6 cm³/mol. The van der Waals surface area contributed by atoms with Gasteiger partial charge in [0.15, 0.2) is 8.32 Å². The molecule has 1 N–H and O–H groups in total. The van der Waals surface area contributed by atoms with Crippen LogP contribution in [0.15, 0.2) is 11.6 Å². The molecular formula is C16H34O3Si. The van der Waals surface area contributed by atoms with Gasteiger partial charge in [0, 0.05) is 7.11 Å². The van der Waals surface area contributed by atoms with E-state index in [1.807, 2.05) is 13.0 Å². The summed E-state index contributed by atoms with van der Waals surface area (Å²) in [6, 6.07) is 0. The van der Waals surface area contributed by atoms with Gasteiger partial charge in [0.25, 0.3) is 0 Å². The maximum atomic E-state index is 9.20. The van der Waals surface area contributed by atoms with E-state index >= 15 is 0 Å². The second kappa shape index (κ2) is 8.32. The highest BCUT2D eigenvalue weighted by molar-refractivity contribution is 6.74. The van der Waals surface area contributed by atoms with Crippen LogP contribution in [-0.4, -0.2) is 39.3 Å². The molecule has 0 aromatic heterocycles. The van der Waals surface area contributed by atoms with Crippen molar-refractivity contribution in [1.29, 1.82) is 0 Å². The molecule has 0 saturated carbocycles. The van der Waals surface area contributed by atoms with Crippen molar-refractivity contribution >= 4 is 8.32 Å². The van der Waals surface area contributed by atoms with Crippen LogP contribution >= 0.6 is 0 Å². The molecule has 120 valence electrons. The summed E-state index contributed by atoms with van der Waals surface area (Å²) in [5, 5.41) is 9.38. The van der Waals surface area contributed by atoms with E-state index in [9.17, 15) is 5.11 Å². The first-order valence-electron chi connectivity index (χ1n) is 7.57. The molecule has 0 radical (unpaired) electrons. The van der Waals surface area contributed by atoms with Gasteiger partial charge >= 0.3 is 0 Å². The van der Waals surface area contributed by atoms with E-state index in [0.29, 0.717) is 0 Å². The van der Waals surface area contributed by atoms with Crippen LogP contribution in [-0.2, 0) is 9.16 Å². The molecule has 0 bridgehead atoms. The molecule has 0 unspecified atom stereocenters. The fourth-order valence-corrected chi connectivity index (χ4v) is 3.15. The molecule has 0 rings (SSSR count). The molecule has 0 amide bonds. The number of aliphatic hydroxyl groups is 1. The minimum Gasteiger partial charge on any atom is -0.411 e. The summed E-state index contributed by atoms with van der Waals surface area (Å²) in [6.07, 6.45) is 4.00. The number of aliphatic hydroxyl groups excluding tert-OH is 1. The molecule has 2 atom stereocenters. The molecule has 0 aliphatic heterocycles. The van der Waals surface area contributed by atoms with E-state index in [1.165, 1.54) is 0 Å². The Hall–Kier alpha value is -0.163. The van der Waals surface area contributed by atoms with Crippen LogP contribution < -0.4 is 0 Å². The van der Waals surface area contributed by atoms with Crippen LogP contribution in [0.4, 0.5) is 0 Å². The molecular weight excluding hydrogens is 268 g/mol. The van der Waals surface area contributed by atoms with Crippen LogP contribution in [0, 0.1) is 0 Å². The second-order valence-corrected chi connectivity index (χ2v) is 11.8. The van der Waals surface area contributed by atoms with E-state index < -0.39 is 8.32 Å². The Morgan fingerprint density at radius 3 is 2.20 bits per heavy atom. The van der Waals surface area contributed by atoms with Gasteiger partial charge in [-0.3, -0.25) is 0 Å². The van der Waals surface area contributed by atoms with E-state index in [1.54, 1.807) is 7.11 Å². The summed E-state index contributed by atoms with van der Waals surface area (Å²) in [7, 11) is -0.105. The first-order valence-corrected chi connectivity index (χ1v) is 10.5. The molecule has 0 fully saturated rings. The summed E-state index contributed by atoms with van der Waals surface area (Å²) < 4.78 is 12.1. The molecule has 4 heteroatoms. The lowest BCUT2D eigenvalue weighted by atomic mass is 10.1. The maximum absolute atomic E-state index is 9.20. The molecule has 0 heterocycles. The highest BCUT2D eigenvalue weighted by Gasteiger charge is 2.40. The Labute approximate surface area is 126 Å². The highest BCUT2D eigenvalue weighted by atomic mass is 28.4. The van der Waals surface area contributed by atoms with Gasteiger partial charge in [-0.05, 0) is 37.0 Å². The van der Waals surface area contributed by atoms with Gasteiger partial charge in [-0.2, -0.15) is 0 Å². The average molecular weight is 303 g/mol. The monoisotopic (exact) mass is 302 g/mol. The van der Waals surface area contributed by atoms with Crippen LogP contribution in [0.5, 0.6) is 0 Å². The first-order chi connectivity index (χ1) is 9.09. The zero-order chi connectivity index (χ0) is 16.0. The summed E-state index contributed by atoms with van der Waals surface area (Å²) in [5.41, 5.74) is 0.928. The Morgan fingerprint density at radius 1 is 1.30 bits per heavy atom. The van der Waals surface area contributed by atoms with Crippen LogP contribution in [0.3, 0.4) is 0 Å². The highest BCUT2D eigenvalue weighted by Crippen LogP contribution is 2.38. The molecule has 20 heavy (non-hydrogen) atoms. The Bertz CT molecular complexity index is 305. The molecule has 0 aliphatic rings. The quantitative estimate of drug-likeness (QED) is 0.541. The molecule has 0 saturated heterocycles. The van der Waals surface area contributed by atoms with E-state index in [2.05, 4.69) is 40.8 Å². The molecule has 0 aliphatic carbocycles. The van der Waals surface area contributed by atoms with Crippen molar-refractivity contribution in [2.45, 2.75) is 77.8 Å². The van der Waals surface area contributed by atoms with Gasteiger partial charge in [0.05, 0.1) is 12.7 Å². The fraction of sp³-hybridized carbons (Fsp3) is 0.875. The Kier molecular flexibility index (Phi) is 8.25. The van der Waals surface area contributed by atoms with Gasteiger partial charge in [-0.1, -0.05) is 40.2 Å². The van der Waals surface area contributed by atoms with Crippen LogP contribution in [0.2, 0.25) is 18.1 Å². The first kappa shape index (κ1) is 19.8. The average Bonchev–Trinajstić information content (AvgIpc) is 2.33. The van der Waals surface area contributed by atoms with Crippen molar-refractivity contribution in [3.63, 3.8) is 0 Å². The third-order valence-electron chi connectivity index (χ3n) is 4.16. The maximum Gasteiger partial charge on any atom is 0.192 e. The molecule has 0 spiro atoms. The number of hydrogen-bond acceptors (Lipinski definition) is 3. The van der Waals surface area contributed by atoms with E-state index in [4.69, 9.17) is 9.16 Å². The standard InChI is InChI=1S/C16H34O3Si/c1-9-10-14(15(18-6)11-13(2)12-17)19-20(7,8)16(3,4)5/h11,14-15,17H,9-10,12H2,1-8H3/b13-11+/t14-,15-/m0/s1. The SMILES string of the molecule is CCC[C@H](O[Si](C)(C)C(C)(C)C)[C@H](/C=C(\C)CO)OC. The third kappa shape index (κ3) is 6.08. The normalized spacial score (nSPS) is 17.1. The zero-order valence-electron chi connectivity index (χ0n) is 14.6. The smallest absolute Gasteiger partial charge is 0.192 e. The lowest BCUT2D eigenvalue weighted by Crippen LogP contribution is -2.47. The molecule has 0 aromatic rings. The molecule has 0 aromatic carbocycles. The van der Waals surface area contributed by atoms with E-state index in [0.717, 1.165) is 18.4 Å². The second-order valence-electron chi connectivity index (χ2n) is 7.08. The van der Waals surface area contributed by atoms with Crippen molar-refractivity contribution in [3.8, 4) is 0 Å². The summed E-state index contributed by atoms with van der Waals surface area (Å²) in [5.74, 6) is 0. The Balaban J connectivity index is 5.12. The summed E-state index contributed by atoms with van der Waals surface area (Å²) >= 11 is 0.